The second-order valence-electron chi connectivity index (χ2n) is 21.8. The van der Waals surface area contributed by atoms with Gasteiger partial charge in [0.2, 0.25) is 0 Å². The molecule has 3 aliphatic heterocycles. The first-order valence-electron chi connectivity index (χ1n) is 21.7. The minimum atomic E-state index is -1.27. The predicted octanol–water partition coefficient (Wildman–Crippen LogP) is 6.56. The normalized spacial score (nSPS) is 44.2. The molecule has 7 aliphatic rings. The maximum atomic E-state index is 12.6. The summed E-state index contributed by atoms with van der Waals surface area (Å²) in [5, 5.41) is 23.7. The lowest BCUT2D eigenvalue weighted by Gasteiger charge is -2.64. The third kappa shape index (κ3) is 7.19. The smallest absolute Gasteiger partial charge is 0.410 e. The molecule has 314 valence electrons. The molecule has 0 aromatic carbocycles. The Kier molecular flexibility index (Phi) is 10.9. The maximum absolute atomic E-state index is 12.6. The van der Waals surface area contributed by atoms with Crippen molar-refractivity contribution in [3.63, 3.8) is 0 Å². The van der Waals surface area contributed by atoms with Gasteiger partial charge < -0.3 is 38.8 Å². The molecule has 11 heteroatoms. The van der Waals surface area contributed by atoms with Gasteiger partial charge in [0.25, 0.3) is 0 Å². The van der Waals surface area contributed by atoms with Crippen LogP contribution >= 0.6 is 0 Å². The van der Waals surface area contributed by atoms with Gasteiger partial charge in [-0.05, 0) is 126 Å². The number of likely N-dealkylation sites (tertiary alicyclic amines) is 1. The summed E-state index contributed by atoms with van der Waals surface area (Å²) in [6.07, 6.45) is 6.82. The molecule has 13 atom stereocenters. The van der Waals surface area contributed by atoms with Crippen molar-refractivity contribution in [2.75, 3.05) is 32.8 Å². The SMILES string of the molecule is CC(=O)OC(C1CC(C)C2C(O1)C(O)C1(C)C3CCC4C(CCCC21C)(CCC(OC1CN(C2CN(C(=O)OC(C)(C)C)C2)CCO1)C4(C)C)C3)C(C)(C)O. The van der Waals surface area contributed by atoms with Gasteiger partial charge in [-0.25, -0.2) is 4.79 Å². The van der Waals surface area contributed by atoms with Crippen LogP contribution in [0.3, 0.4) is 0 Å². The summed E-state index contributed by atoms with van der Waals surface area (Å²) in [6.45, 7) is 26.0. The zero-order valence-corrected chi connectivity index (χ0v) is 35.9. The molecule has 3 saturated heterocycles. The number of nitrogens with zero attached hydrogens (tertiary/aromatic N) is 2. The van der Waals surface area contributed by atoms with Crippen molar-refractivity contribution in [3.8, 4) is 0 Å². The number of amides is 1. The van der Waals surface area contributed by atoms with Crippen molar-refractivity contribution >= 4 is 12.1 Å². The molecule has 2 N–H and O–H groups in total. The summed E-state index contributed by atoms with van der Waals surface area (Å²) in [5.74, 6) is 0.888. The van der Waals surface area contributed by atoms with E-state index in [0.717, 1.165) is 51.5 Å². The monoisotopic (exact) mass is 775 g/mol. The van der Waals surface area contributed by atoms with E-state index in [1.165, 1.54) is 13.3 Å². The largest absolute Gasteiger partial charge is 0.457 e. The fraction of sp³-hybridized carbons (Fsp3) is 0.955. The number of aliphatic hydroxyl groups excluding tert-OH is 1. The number of carbonyl (C=O) groups excluding carboxylic acids is 2. The fourth-order valence-corrected chi connectivity index (χ4v) is 13.9. The van der Waals surface area contributed by atoms with Crippen LogP contribution in [0.4, 0.5) is 4.79 Å². The second-order valence-corrected chi connectivity index (χ2v) is 21.8. The Bertz CT molecular complexity index is 1440. The van der Waals surface area contributed by atoms with Crippen LogP contribution in [0.2, 0.25) is 0 Å². The van der Waals surface area contributed by atoms with Crippen molar-refractivity contribution in [3.05, 3.63) is 0 Å². The Labute approximate surface area is 330 Å². The Hall–Kier alpha value is -1.50. The van der Waals surface area contributed by atoms with E-state index in [9.17, 15) is 19.8 Å². The summed E-state index contributed by atoms with van der Waals surface area (Å²) in [4.78, 5) is 28.9. The predicted molar refractivity (Wildman–Crippen MR) is 208 cm³/mol. The van der Waals surface area contributed by atoms with E-state index in [1.54, 1.807) is 18.7 Å². The van der Waals surface area contributed by atoms with Gasteiger partial charge in [-0.3, -0.25) is 9.69 Å². The maximum Gasteiger partial charge on any atom is 0.410 e. The van der Waals surface area contributed by atoms with Gasteiger partial charge in [-0.15, -0.1) is 0 Å². The molecule has 4 aliphatic carbocycles. The quantitative estimate of drug-likeness (QED) is 0.287. The lowest BCUT2D eigenvalue weighted by atomic mass is 9.41. The van der Waals surface area contributed by atoms with E-state index in [-0.39, 0.29) is 58.1 Å². The van der Waals surface area contributed by atoms with Gasteiger partial charge in [-0.2, -0.15) is 0 Å². The highest BCUT2D eigenvalue weighted by atomic mass is 16.7. The molecule has 1 amide bonds. The minimum Gasteiger partial charge on any atom is -0.457 e. The van der Waals surface area contributed by atoms with Gasteiger partial charge in [0.15, 0.2) is 12.4 Å². The molecule has 2 bridgehead atoms. The van der Waals surface area contributed by atoms with Crippen LogP contribution in [0.5, 0.6) is 0 Å². The molecule has 1 spiro atoms. The minimum absolute atomic E-state index is 0.0296. The standard InChI is InChI=1S/C44H74N2O9/c1-26-21-30(37(41(8,9)50)52-27(2)47)53-35-34(26)42(10)16-12-17-44-18-15-32(40(6,7)31(44)14-13-28(22-44)43(42,11)36(35)48)54-33-25-45(19-20-51-33)29-23-46(24-29)38(49)55-39(3,4)5/h26,28-37,48,50H,12-25H2,1-11H3. The zero-order chi connectivity index (χ0) is 40.1. The fourth-order valence-electron chi connectivity index (χ4n) is 13.9. The third-order valence-electron chi connectivity index (χ3n) is 16.6. The highest BCUT2D eigenvalue weighted by molar-refractivity contribution is 5.69. The molecule has 0 radical (unpaired) electrons. The van der Waals surface area contributed by atoms with E-state index in [1.807, 2.05) is 20.8 Å². The molecule has 7 rings (SSSR count). The summed E-state index contributed by atoms with van der Waals surface area (Å²) >= 11 is 0. The van der Waals surface area contributed by atoms with Crippen LogP contribution in [0.25, 0.3) is 0 Å². The number of carbonyl (C=O) groups is 2. The van der Waals surface area contributed by atoms with Gasteiger partial charge in [0.05, 0.1) is 43.2 Å². The Morgan fingerprint density at radius 2 is 1.67 bits per heavy atom. The molecule has 3 heterocycles. The van der Waals surface area contributed by atoms with Crippen LogP contribution in [-0.2, 0) is 28.5 Å². The van der Waals surface area contributed by atoms with Gasteiger partial charge in [0.1, 0.15) is 5.60 Å². The molecular weight excluding hydrogens is 700 g/mol. The third-order valence-corrected chi connectivity index (χ3v) is 16.6. The lowest BCUT2D eigenvalue weighted by Crippen LogP contribution is -2.65. The van der Waals surface area contributed by atoms with Crippen LogP contribution in [-0.4, -0.2) is 119 Å². The van der Waals surface area contributed by atoms with Crippen molar-refractivity contribution < 1.29 is 43.5 Å². The molecule has 0 aromatic rings. The molecule has 13 unspecified atom stereocenters. The lowest BCUT2D eigenvalue weighted by molar-refractivity contribution is -0.258. The van der Waals surface area contributed by atoms with E-state index in [4.69, 9.17) is 23.7 Å². The van der Waals surface area contributed by atoms with Crippen molar-refractivity contribution in [1.29, 1.82) is 0 Å². The molecule has 0 aromatic heterocycles. The van der Waals surface area contributed by atoms with Crippen molar-refractivity contribution in [2.45, 2.75) is 188 Å². The first-order chi connectivity index (χ1) is 25.5. The molecule has 11 nitrogen and oxygen atoms in total. The Balaban J connectivity index is 1.03. The van der Waals surface area contributed by atoms with Crippen molar-refractivity contribution in [2.24, 2.45) is 45.3 Å². The first-order valence-corrected chi connectivity index (χ1v) is 21.7. The number of esters is 1. The average Bonchev–Trinajstić information content (AvgIpc) is 3.21. The first kappa shape index (κ1) is 41.7. The second kappa shape index (κ2) is 14.4. The van der Waals surface area contributed by atoms with E-state index in [2.05, 4.69) is 39.5 Å². The summed E-state index contributed by atoms with van der Waals surface area (Å²) in [6, 6.07) is 0.299. The molecule has 7 fully saturated rings. The van der Waals surface area contributed by atoms with Crippen molar-refractivity contribution in [1.82, 2.24) is 9.80 Å². The van der Waals surface area contributed by atoms with Gasteiger partial charge >= 0.3 is 12.1 Å². The van der Waals surface area contributed by atoms with Gasteiger partial charge in [-0.1, -0.05) is 41.0 Å². The average molecular weight is 775 g/mol. The van der Waals surface area contributed by atoms with Crippen LogP contribution in [0, 0.1) is 45.3 Å². The summed E-state index contributed by atoms with van der Waals surface area (Å²) in [5.41, 5.74) is -2.02. The molecule has 4 saturated carbocycles. The highest BCUT2D eigenvalue weighted by Gasteiger charge is 2.72. The van der Waals surface area contributed by atoms with Crippen LogP contribution in [0.1, 0.15) is 134 Å². The van der Waals surface area contributed by atoms with E-state index < -0.39 is 35.5 Å². The molecular formula is C44H74N2O9. The number of ether oxygens (including phenoxy) is 5. The topological polar surface area (TPSA) is 127 Å². The summed E-state index contributed by atoms with van der Waals surface area (Å²) < 4.78 is 31.4. The molecule has 55 heavy (non-hydrogen) atoms. The van der Waals surface area contributed by atoms with Crippen LogP contribution in [0.15, 0.2) is 0 Å². The summed E-state index contributed by atoms with van der Waals surface area (Å²) in [7, 11) is 0. The van der Waals surface area contributed by atoms with E-state index >= 15 is 0 Å². The number of hydrogen-bond donors (Lipinski definition) is 2. The number of morpholine rings is 1. The zero-order valence-electron chi connectivity index (χ0n) is 35.9. The number of hydrogen-bond acceptors (Lipinski definition) is 10. The van der Waals surface area contributed by atoms with Crippen LogP contribution < -0.4 is 0 Å². The number of rotatable bonds is 6. The number of aliphatic hydroxyl groups is 2. The highest BCUT2D eigenvalue weighted by Crippen LogP contribution is 2.73. The number of fused-ring (bicyclic) bond motifs is 5. The van der Waals surface area contributed by atoms with Gasteiger partial charge in [0, 0.05) is 38.0 Å². The Morgan fingerprint density at radius 1 is 0.964 bits per heavy atom. The Morgan fingerprint density at radius 3 is 2.33 bits per heavy atom. The van der Waals surface area contributed by atoms with E-state index in [0.29, 0.717) is 50.5 Å².